The van der Waals surface area contributed by atoms with Crippen LogP contribution in [0.4, 0.5) is 0 Å². The zero-order chi connectivity index (χ0) is 16.0. The molecule has 0 aliphatic heterocycles. The Balaban J connectivity index is 1.94. The molecule has 2 rings (SSSR count). The molecule has 2 aromatic carbocycles. The average Bonchev–Trinajstić information content (AvgIpc) is 2.53. The summed E-state index contributed by atoms with van der Waals surface area (Å²) in [6, 6.07) is 16.5. The quantitative estimate of drug-likeness (QED) is 0.831. The van der Waals surface area contributed by atoms with Crippen molar-refractivity contribution in [1.29, 1.82) is 0 Å². The largest absolute Gasteiger partial charge is 0.384 e. The fourth-order valence-corrected chi connectivity index (χ4v) is 2.19. The summed E-state index contributed by atoms with van der Waals surface area (Å²) in [5.41, 5.74) is 0.411. The van der Waals surface area contributed by atoms with Crippen LogP contribution in [0.2, 0.25) is 5.02 Å². The molecule has 114 valence electrons. The van der Waals surface area contributed by atoms with Gasteiger partial charge < -0.3 is 10.4 Å². The highest BCUT2D eigenvalue weighted by molar-refractivity contribution is 6.32. The molecule has 0 unspecified atom stereocenters. The van der Waals surface area contributed by atoms with E-state index in [-0.39, 0.29) is 12.5 Å². The molecule has 1 amide bonds. The van der Waals surface area contributed by atoms with Crippen LogP contribution >= 0.6 is 11.6 Å². The molecule has 2 N–H and O–H groups in total. The molecule has 0 saturated carbocycles. The molecule has 0 heterocycles. The Morgan fingerprint density at radius 3 is 2.50 bits per heavy atom. The van der Waals surface area contributed by atoms with Crippen LogP contribution in [-0.4, -0.2) is 17.6 Å². The first-order valence-corrected chi connectivity index (χ1v) is 7.35. The predicted molar refractivity (Wildman–Crippen MR) is 89.5 cm³/mol. The van der Waals surface area contributed by atoms with Crippen molar-refractivity contribution in [3.8, 4) is 0 Å². The van der Waals surface area contributed by atoms with E-state index in [1.807, 2.05) is 48.5 Å². The highest BCUT2D eigenvalue weighted by Crippen LogP contribution is 2.19. The van der Waals surface area contributed by atoms with Gasteiger partial charge in [0.2, 0.25) is 5.91 Å². The van der Waals surface area contributed by atoms with Gasteiger partial charge in [-0.2, -0.15) is 0 Å². The number of nitrogens with one attached hydrogen (secondary N) is 1. The fraction of sp³-hybridized carbons (Fsp3) is 0.167. The standard InChI is InChI=1S/C18H18ClNO2/c1-18(22,15-8-3-2-4-9-15)13-20-17(21)12-11-14-7-5-6-10-16(14)19/h2-12,22H,13H2,1H3,(H,20,21)/b12-11+/t18-/m1/s1. The van der Waals surface area contributed by atoms with Gasteiger partial charge in [-0.15, -0.1) is 0 Å². The van der Waals surface area contributed by atoms with Crippen LogP contribution < -0.4 is 5.32 Å². The average molecular weight is 316 g/mol. The lowest BCUT2D eigenvalue weighted by molar-refractivity contribution is -0.117. The van der Waals surface area contributed by atoms with Crippen molar-refractivity contribution in [2.24, 2.45) is 0 Å². The van der Waals surface area contributed by atoms with E-state index in [4.69, 9.17) is 11.6 Å². The van der Waals surface area contributed by atoms with Gasteiger partial charge in [0, 0.05) is 11.1 Å². The summed E-state index contributed by atoms with van der Waals surface area (Å²) in [5.74, 6) is -0.281. The van der Waals surface area contributed by atoms with E-state index in [0.29, 0.717) is 5.02 Å². The number of hydrogen-bond acceptors (Lipinski definition) is 2. The van der Waals surface area contributed by atoms with Gasteiger partial charge in [0.05, 0.1) is 6.54 Å². The summed E-state index contributed by atoms with van der Waals surface area (Å²) < 4.78 is 0. The Labute approximate surface area is 135 Å². The number of rotatable bonds is 5. The molecule has 1 atom stereocenters. The normalized spacial score (nSPS) is 13.8. The van der Waals surface area contributed by atoms with Crippen molar-refractivity contribution in [2.75, 3.05) is 6.54 Å². The summed E-state index contributed by atoms with van der Waals surface area (Å²) in [6.07, 6.45) is 3.05. The number of aliphatic hydroxyl groups is 1. The van der Waals surface area contributed by atoms with Crippen molar-refractivity contribution >= 4 is 23.6 Å². The summed E-state index contributed by atoms with van der Waals surface area (Å²) >= 11 is 6.01. The lowest BCUT2D eigenvalue weighted by atomic mass is 9.96. The molecule has 0 bridgehead atoms. The summed E-state index contributed by atoms with van der Waals surface area (Å²) in [5, 5.41) is 13.7. The third-order valence-corrected chi connectivity index (χ3v) is 3.67. The fourth-order valence-electron chi connectivity index (χ4n) is 1.99. The minimum atomic E-state index is -1.12. The minimum absolute atomic E-state index is 0.128. The first-order chi connectivity index (χ1) is 10.5. The Bertz CT molecular complexity index is 666. The first kappa shape index (κ1) is 16.3. The summed E-state index contributed by atoms with van der Waals surface area (Å²) in [4.78, 5) is 11.9. The van der Waals surface area contributed by atoms with E-state index >= 15 is 0 Å². The van der Waals surface area contributed by atoms with Gasteiger partial charge in [-0.3, -0.25) is 4.79 Å². The molecular weight excluding hydrogens is 298 g/mol. The third kappa shape index (κ3) is 4.45. The molecule has 0 aliphatic carbocycles. The van der Waals surface area contributed by atoms with Crippen LogP contribution in [0.15, 0.2) is 60.7 Å². The molecule has 0 aromatic heterocycles. The van der Waals surface area contributed by atoms with E-state index in [9.17, 15) is 9.90 Å². The second kappa shape index (κ2) is 7.25. The van der Waals surface area contributed by atoms with Crippen LogP contribution in [0.1, 0.15) is 18.1 Å². The van der Waals surface area contributed by atoms with Gasteiger partial charge in [0.25, 0.3) is 0 Å². The van der Waals surface area contributed by atoms with Gasteiger partial charge in [0.1, 0.15) is 5.60 Å². The zero-order valence-corrected chi connectivity index (χ0v) is 13.0. The maximum Gasteiger partial charge on any atom is 0.244 e. The Morgan fingerprint density at radius 1 is 1.18 bits per heavy atom. The van der Waals surface area contributed by atoms with E-state index in [0.717, 1.165) is 11.1 Å². The molecule has 0 spiro atoms. The number of carbonyl (C=O) groups excluding carboxylic acids is 1. The molecule has 4 heteroatoms. The first-order valence-electron chi connectivity index (χ1n) is 6.97. The predicted octanol–water partition coefficient (Wildman–Crippen LogP) is 3.38. The van der Waals surface area contributed by atoms with Crippen LogP contribution in [0.3, 0.4) is 0 Å². The topological polar surface area (TPSA) is 49.3 Å². The molecular formula is C18H18ClNO2. The van der Waals surface area contributed by atoms with E-state index < -0.39 is 5.60 Å². The lowest BCUT2D eigenvalue weighted by Crippen LogP contribution is -2.37. The van der Waals surface area contributed by atoms with Gasteiger partial charge in [-0.1, -0.05) is 60.1 Å². The Morgan fingerprint density at radius 2 is 1.82 bits per heavy atom. The second-order valence-electron chi connectivity index (χ2n) is 5.21. The number of halogens is 1. The third-order valence-electron chi connectivity index (χ3n) is 3.32. The number of carbonyl (C=O) groups is 1. The molecule has 0 saturated heterocycles. The molecule has 22 heavy (non-hydrogen) atoms. The lowest BCUT2D eigenvalue weighted by Gasteiger charge is -2.23. The van der Waals surface area contributed by atoms with Gasteiger partial charge in [0.15, 0.2) is 0 Å². The molecule has 2 aromatic rings. The van der Waals surface area contributed by atoms with Gasteiger partial charge in [-0.05, 0) is 30.2 Å². The molecule has 0 fully saturated rings. The Kier molecular flexibility index (Phi) is 5.36. The van der Waals surface area contributed by atoms with Crippen molar-refractivity contribution in [3.63, 3.8) is 0 Å². The number of benzene rings is 2. The van der Waals surface area contributed by atoms with Crippen molar-refractivity contribution in [2.45, 2.75) is 12.5 Å². The number of hydrogen-bond donors (Lipinski definition) is 2. The minimum Gasteiger partial charge on any atom is -0.384 e. The smallest absolute Gasteiger partial charge is 0.244 e. The van der Waals surface area contributed by atoms with E-state index in [1.54, 1.807) is 19.1 Å². The van der Waals surface area contributed by atoms with Crippen molar-refractivity contribution in [3.05, 3.63) is 76.8 Å². The van der Waals surface area contributed by atoms with Crippen LogP contribution in [0, 0.1) is 0 Å². The van der Waals surface area contributed by atoms with Gasteiger partial charge >= 0.3 is 0 Å². The van der Waals surface area contributed by atoms with E-state index in [1.165, 1.54) is 6.08 Å². The highest BCUT2D eigenvalue weighted by atomic mass is 35.5. The summed E-state index contributed by atoms with van der Waals surface area (Å²) in [6.45, 7) is 1.79. The molecule has 0 aliphatic rings. The molecule has 0 radical (unpaired) electrons. The SMILES string of the molecule is C[C@@](O)(CNC(=O)/C=C/c1ccccc1Cl)c1ccccc1. The summed E-state index contributed by atoms with van der Waals surface area (Å²) in [7, 11) is 0. The highest BCUT2D eigenvalue weighted by Gasteiger charge is 2.22. The zero-order valence-electron chi connectivity index (χ0n) is 12.3. The van der Waals surface area contributed by atoms with Crippen LogP contribution in [0.5, 0.6) is 0 Å². The van der Waals surface area contributed by atoms with Crippen molar-refractivity contribution in [1.82, 2.24) is 5.32 Å². The van der Waals surface area contributed by atoms with Gasteiger partial charge in [-0.25, -0.2) is 0 Å². The number of amides is 1. The Hall–Kier alpha value is -2.10. The maximum absolute atomic E-state index is 11.9. The maximum atomic E-state index is 11.9. The second-order valence-corrected chi connectivity index (χ2v) is 5.62. The van der Waals surface area contributed by atoms with Crippen LogP contribution in [-0.2, 0) is 10.4 Å². The monoisotopic (exact) mass is 315 g/mol. The molecule has 3 nitrogen and oxygen atoms in total. The van der Waals surface area contributed by atoms with Crippen molar-refractivity contribution < 1.29 is 9.90 Å². The van der Waals surface area contributed by atoms with Crippen LogP contribution in [0.25, 0.3) is 6.08 Å². The van der Waals surface area contributed by atoms with E-state index in [2.05, 4.69) is 5.32 Å².